The van der Waals surface area contributed by atoms with Crippen molar-refractivity contribution in [3.05, 3.63) is 96.1 Å². The number of rotatable bonds is 7. The topological polar surface area (TPSA) is 46.6 Å². The van der Waals surface area contributed by atoms with Gasteiger partial charge in [-0.3, -0.25) is 4.79 Å². The van der Waals surface area contributed by atoms with E-state index in [0.29, 0.717) is 19.3 Å². The van der Waals surface area contributed by atoms with Gasteiger partial charge < -0.3 is 4.74 Å². The number of cyclic esters (lactones) is 1. The standard InChI is InChI=1S/C26H25NO3/c28-25(27-23(19-30-26(27)29)18-20-10-3-1-4-11-20)17-9-15-22-14-7-8-16-24(22)21-12-5-2-6-13-21/h1-8,10-14,16,23H,9,15,17-19H2/t23-/m0/s1. The van der Waals surface area contributed by atoms with Crippen LogP contribution in [0.2, 0.25) is 0 Å². The molecule has 1 fully saturated rings. The Morgan fingerprint density at radius 3 is 2.33 bits per heavy atom. The fourth-order valence-corrected chi connectivity index (χ4v) is 3.99. The monoisotopic (exact) mass is 399 g/mol. The third-order valence-electron chi connectivity index (χ3n) is 5.48. The van der Waals surface area contributed by atoms with Gasteiger partial charge in [0.1, 0.15) is 6.61 Å². The van der Waals surface area contributed by atoms with Crippen LogP contribution < -0.4 is 0 Å². The predicted octanol–water partition coefficient (Wildman–Crippen LogP) is 5.27. The number of hydrogen-bond donors (Lipinski definition) is 0. The summed E-state index contributed by atoms with van der Waals surface area (Å²) < 4.78 is 5.18. The minimum absolute atomic E-state index is 0.157. The maximum absolute atomic E-state index is 12.8. The zero-order chi connectivity index (χ0) is 20.8. The second-order valence-electron chi connectivity index (χ2n) is 7.56. The van der Waals surface area contributed by atoms with Crippen LogP contribution in [0.15, 0.2) is 84.9 Å². The van der Waals surface area contributed by atoms with Gasteiger partial charge in [-0.1, -0.05) is 84.9 Å². The van der Waals surface area contributed by atoms with Crippen LogP contribution in [0.4, 0.5) is 4.79 Å². The van der Waals surface area contributed by atoms with Gasteiger partial charge in [-0.15, -0.1) is 0 Å². The number of imide groups is 1. The lowest BCUT2D eigenvalue weighted by molar-refractivity contribution is -0.129. The van der Waals surface area contributed by atoms with E-state index in [-0.39, 0.29) is 18.6 Å². The zero-order valence-corrected chi connectivity index (χ0v) is 16.9. The molecule has 1 aliphatic rings. The SMILES string of the molecule is O=C(CCCc1ccccc1-c1ccccc1)N1C(=O)OC[C@@H]1Cc1ccccc1. The molecule has 0 radical (unpaired) electrons. The Morgan fingerprint density at radius 2 is 1.57 bits per heavy atom. The molecule has 1 heterocycles. The van der Waals surface area contributed by atoms with Crippen molar-refractivity contribution in [3.8, 4) is 11.1 Å². The highest BCUT2D eigenvalue weighted by atomic mass is 16.6. The minimum Gasteiger partial charge on any atom is -0.447 e. The first-order chi connectivity index (χ1) is 14.7. The predicted molar refractivity (Wildman–Crippen MR) is 117 cm³/mol. The average Bonchev–Trinajstić information content (AvgIpc) is 3.15. The highest BCUT2D eigenvalue weighted by molar-refractivity contribution is 5.93. The number of nitrogens with zero attached hydrogens (tertiary/aromatic N) is 1. The summed E-state index contributed by atoms with van der Waals surface area (Å²) in [6.45, 7) is 0.260. The van der Waals surface area contributed by atoms with Crippen molar-refractivity contribution < 1.29 is 14.3 Å². The van der Waals surface area contributed by atoms with E-state index in [9.17, 15) is 9.59 Å². The Balaban J connectivity index is 1.38. The molecule has 0 bridgehead atoms. The van der Waals surface area contributed by atoms with Gasteiger partial charge in [0.2, 0.25) is 5.91 Å². The molecule has 152 valence electrons. The van der Waals surface area contributed by atoms with Crippen molar-refractivity contribution in [2.75, 3.05) is 6.61 Å². The van der Waals surface area contributed by atoms with E-state index < -0.39 is 6.09 Å². The van der Waals surface area contributed by atoms with Crippen molar-refractivity contribution in [2.45, 2.75) is 31.7 Å². The Morgan fingerprint density at radius 1 is 0.900 bits per heavy atom. The summed E-state index contributed by atoms with van der Waals surface area (Å²) in [5.74, 6) is -0.157. The van der Waals surface area contributed by atoms with E-state index in [4.69, 9.17) is 4.74 Å². The second kappa shape index (κ2) is 9.40. The number of carbonyl (C=O) groups is 2. The summed E-state index contributed by atoms with van der Waals surface area (Å²) in [6, 6.07) is 28.2. The van der Waals surface area contributed by atoms with Crippen LogP contribution in [0, 0.1) is 0 Å². The molecule has 2 amide bonds. The molecule has 1 saturated heterocycles. The highest BCUT2D eigenvalue weighted by Crippen LogP contribution is 2.25. The Labute approximate surface area is 177 Å². The summed E-state index contributed by atoms with van der Waals surface area (Å²) in [5, 5.41) is 0. The summed E-state index contributed by atoms with van der Waals surface area (Å²) in [6.07, 6.45) is 1.89. The zero-order valence-electron chi connectivity index (χ0n) is 16.9. The van der Waals surface area contributed by atoms with Gasteiger partial charge in [0.25, 0.3) is 0 Å². The van der Waals surface area contributed by atoms with Crippen LogP contribution in [0.5, 0.6) is 0 Å². The van der Waals surface area contributed by atoms with Crippen LogP contribution >= 0.6 is 0 Å². The lowest BCUT2D eigenvalue weighted by Crippen LogP contribution is -2.40. The first kappa shape index (κ1) is 19.9. The molecular formula is C26H25NO3. The third-order valence-corrected chi connectivity index (χ3v) is 5.48. The lowest BCUT2D eigenvalue weighted by atomic mass is 9.96. The van der Waals surface area contributed by atoms with Gasteiger partial charge in [0.05, 0.1) is 6.04 Å². The van der Waals surface area contributed by atoms with E-state index >= 15 is 0 Å². The maximum Gasteiger partial charge on any atom is 0.416 e. The minimum atomic E-state index is -0.523. The van der Waals surface area contributed by atoms with Crippen LogP contribution in [0.3, 0.4) is 0 Å². The summed E-state index contributed by atoms with van der Waals surface area (Å²) >= 11 is 0. The summed E-state index contributed by atoms with van der Waals surface area (Å²) in [7, 11) is 0. The molecule has 4 heteroatoms. The van der Waals surface area contributed by atoms with E-state index in [2.05, 4.69) is 24.3 Å². The van der Waals surface area contributed by atoms with Crippen molar-refractivity contribution in [2.24, 2.45) is 0 Å². The second-order valence-corrected chi connectivity index (χ2v) is 7.56. The van der Waals surface area contributed by atoms with Gasteiger partial charge in [-0.25, -0.2) is 9.69 Å². The van der Waals surface area contributed by atoms with Crippen LogP contribution in [0.25, 0.3) is 11.1 Å². The smallest absolute Gasteiger partial charge is 0.416 e. The van der Waals surface area contributed by atoms with Crippen molar-refractivity contribution in [1.82, 2.24) is 4.90 Å². The molecule has 0 aromatic heterocycles. The van der Waals surface area contributed by atoms with Crippen molar-refractivity contribution in [1.29, 1.82) is 0 Å². The first-order valence-electron chi connectivity index (χ1n) is 10.4. The number of hydrogen-bond acceptors (Lipinski definition) is 3. The van der Waals surface area contributed by atoms with Crippen molar-refractivity contribution >= 4 is 12.0 Å². The van der Waals surface area contributed by atoms with E-state index in [0.717, 1.165) is 12.0 Å². The van der Waals surface area contributed by atoms with Crippen LogP contribution in [-0.2, 0) is 22.4 Å². The quantitative estimate of drug-likeness (QED) is 0.544. The van der Waals surface area contributed by atoms with Gasteiger partial charge in [-0.2, -0.15) is 0 Å². The van der Waals surface area contributed by atoms with Gasteiger partial charge in [0, 0.05) is 6.42 Å². The molecular weight excluding hydrogens is 374 g/mol. The largest absolute Gasteiger partial charge is 0.447 e. The molecule has 0 N–H and O–H groups in total. The Bertz CT molecular complexity index is 1000. The van der Waals surface area contributed by atoms with Gasteiger partial charge >= 0.3 is 6.09 Å². The number of benzene rings is 3. The normalized spacial score (nSPS) is 15.8. The highest BCUT2D eigenvalue weighted by Gasteiger charge is 2.37. The molecule has 0 aliphatic carbocycles. The average molecular weight is 399 g/mol. The lowest BCUT2D eigenvalue weighted by Gasteiger charge is -2.20. The summed E-state index contributed by atoms with van der Waals surface area (Å²) in [4.78, 5) is 26.3. The number of aryl methyl sites for hydroxylation is 1. The van der Waals surface area contributed by atoms with Gasteiger partial charge in [-0.05, 0) is 41.5 Å². The molecule has 0 spiro atoms. The molecule has 30 heavy (non-hydrogen) atoms. The molecule has 1 aliphatic heterocycles. The summed E-state index contributed by atoms with van der Waals surface area (Å²) in [5.41, 5.74) is 4.66. The Hall–Kier alpha value is -3.40. The van der Waals surface area contributed by atoms with Crippen LogP contribution in [0.1, 0.15) is 24.0 Å². The molecule has 4 rings (SSSR count). The molecule has 0 saturated carbocycles. The molecule has 3 aromatic carbocycles. The first-order valence-corrected chi connectivity index (χ1v) is 10.4. The fraction of sp³-hybridized carbons (Fsp3) is 0.231. The van der Waals surface area contributed by atoms with Gasteiger partial charge in [0.15, 0.2) is 0 Å². The molecule has 1 atom stereocenters. The third kappa shape index (κ3) is 4.60. The number of ether oxygens (including phenoxy) is 1. The van der Waals surface area contributed by atoms with Crippen LogP contribution in [-0.4, -0.2) is 29.5 Å². The van der Waals surface area contributed by atoms with E-state index in [1.54, 1.807) is 0 Å². The fourth-order valence-electron chi connectivity index (χ4n) is 3.99. The molecule has 3 aromatic rings. The number of amides is 2. The van der Waals surface area contributed by atoms with E-state index in [1.807, 2.05) is 60.7 Å². The molecule has 0 unspecified atom stereocenters. The molecule has 4 nitrogen and oxygen atoms in total. The Kier molecular flexibility index (Phi) is 6.23. The van der Waals surface area contributed by atoms with Crippen molar-refractivity contribution in [3.63, 3.8) is 0 Å². The number of carbonyl (C=O) groups excluding carboxylic acids is 2. The maximum atomic E-state index is 12.8. The van der Waals surface area contributed by atoms with E-state index in [1.165, 1.54) is 21.6 Å².